The summed E-state index contributed by atoms with van der Waals surface area (Å²) in [4.78, 5) is 30.9. The van der Waals surface area contributed by atoms with Gasteiger partial charge < -0.3 is 23.9 Å². The zero-order valence-electron chi connectivity index (χ0n) is 21.8. The third-order valence-electron chi connectivity index (χ3n) is 7.27. The minimum Gasteiger partial charge on any atom is -0.478 e. The number of ether oxygens (including phenoxy) is 1. The minimum atomic E-state index is -1.04. The van der Waals surface area contributed by atoms with E-state index in [9.17, 15) is 14.7 Å². The zero-order chi connectivity index (χ0) is 26.8. The van der Waals surface area contributed by atoms with Crippen LogP contribution in [0.15, 0.2) is 42.5 Å². The molecule has 1 saturated carbocycles. The van der Waals surface area contributed by atoms with E-state index in [1.54, 1.807) is 11.0 Å². The number of rotatable bonds is 6. The van der Waals surface area contributed by atoms with Crippen molar-refractivity contribution in [2.45, 2.75) is 52.3 Å². The molecule has 0 unspecified atom stereocenters. The molecule has 38 heavy (non-hydrogen) atoms. The molecule has 0 spiro atoms. The van der Waals surface area contributed by atoms with Crippen LogP contribution >= 0.6 is 11.6 Å². The van der Waals surface area contributed by atoms with Crippen LogP contribution in [-0.2, 0) is 17.8 Å². The fourth-order valence-electron chi connectivity index (χ4n) is 5.28. The lowest BCUT2D eigenvalue weighted by atomic mass is 10.0. The van der Waals surface area contributed by atoms with E-state index in [1.807, 2.05) is 32.9 Å². The van der Waals surface area contributed by atoms with Crippen LogP contribution in [0.5, 0.6) is 0 Å². The van der Waals surface area contributed by atoms with Gasteiger partial charge >= 0.3 is 12.1 Å². The maximum Gasteiger partial charge on any atom is 0.410 e. The Hall–Kier alpha value is -3.52. The fourth-order valence-corrected chi connectivity index (χ4v) is 5.60. The summed E-state index contributed by atoms with van der Waals surface area (Å²) in [7, 11) is 0. The number of hydrogen-bond acceptors (Lipinski definition) is 4. The van der Waals surface area contributed by atoms with E-state index in [4.69, 9.17) is 21.3 Å². The molecule has 1 aliphatic heterocycles. The summed E-state index contributed by atoms with van der Waals surface area (Å²) in [5, 5.41) is 11.1. The van der Waals surface area contributed by atoms with Gasteiger partial charge in [-0.15, -0.1) is 0 Å². The van der Waals surface area contributed by atoms with Gasteiger partial charge in [0.05, 0.1) is 27.3 Å². The lowest BCUT2D eigenvalue weighted by molar-refractivity contribution is -0.00312. The van der Waals surface area contributed by atoms with Crippen molar-refractivity contribution in [2.75, 3.05) is 13.1 Å². The van der Waals surface area contributed by atoms with Crippen molar-refractivity contribution >= 4 is 45.6 Å². The molecule has 1 saturated heterocycles. The average molecular weight is 535 g/mol. The molecule has 198 valence electrons. The third-order valence-corrected chi connectivity index (χ3v) is 7.56. The lowest BCUT2D eigenvalue weighted by Gasteiger charge is -2.40. The number of aromatic carboxylic acids is 1. The first-order valence-corrected chi connectivity index (χ1v) is 13.4. The number of para-hydroxylation sites is 1. The number of benzene rings is 2. The molecular formula is C29H31ClN4O4. The van der Waals surface area contributed by atoms with Crippen LogP contribution in [0, 0.1) is 11.8 Å². The molecule has 1 amide bonds. The summed E-state index contributed by atoms with van der Waals surface area (Å²) in [6.45, 7) is 8.24. The van der Waals surface area contributed by atoms with Gasteiger partial charge in [0, 0.05) is 43.0 Å². The van der Waals surface area contributed by atoms with Crippen LogP contribution in [0.2, 0.25) is 5.02 Å². The van der Waals surface area contributed by atoms with Gasteiger partial charge in [0.1, 0.15) is 5.60 Å². The number of nitrogens with zero attached hydrogens (tertiary/aromatic N) is 4. The number of carboxylic acids is 1. The summed E-state index contributed by atoms with van der Waals surface area (Å²) < 4.78 is 9.97. The van der Waals surface area contributed by atoms with Crippen LogP contribution in [-0.4, -0.2) is 54.9 Å². The molecule has 1 N–H and O–H groups in total. The van der Waals surface area contributed by atoms with Gasteiger partial charge in [-0.3, -0.25) is 0 Å². The van der Waals surface area contributed by atoms with Gasteiger partial charge in [-0.25, -0.2) is 14.6 Å². The van der Waals surface area contributed by atoms with E-state index < -0.39 is 11.6 Å². The Bertz CT molecular complexity index is 1570. The number of imidazole rings is 1. The average Bonchev–Trinajstić information content (AvgIpc) is 3.45. The Morgan fingerprint density at radius 1 is 1.05 bits per heavy atom. The molecule has 2 aromatic carbocycles. The molecule has 0 radical (unpaired) electrons. The number of aromatic nitrogens is 3. The third kappa shape index (κ3) is 4.62. The molecule has 6 rings (SSSR count). The number of fused-ring (bicyclic) bond motifs is 2. The summed E-state index contributed by atoms with van der Waals surface area (Å²) in [6, 6.07) is 13.6. The molecule has 4 aromatic rings. The van der Waals surface area contributed by atoms with Crippen molar-refractivity contribution in [1.82, 2.24) is 19.0 Å². The number of likely N-dealkylation sites (tertiary alicyclic amines) is 1. The van der Waals surface area contributed by atoms with E-state index in [0.29, 0.717) is 41.6 Å². The first kappa shape index (κ1) is 24.8. The van der Waals surface area contributed by atoms with Crippen molar-refractivity contribution in [3.63, 3.8) is 0 Å². The summed E-state index contributed by atoms with van der Waals surface area (Å²) >= 11 is 6.71. The van der Waals surface area contributed by atoms with Gasteiger partial charge in [-0.2, -0.15) is 0 Å². The monoisotopic (exact) mass is 534 g/mol. The summed E-state index contributed by atoms with van der Waals surface area (Å²) in [5.41, 5.74) is 2.98. The van der Waals surface area contributed by atoms with E-state index in [0.717, 1.165) is 29.0 Å². The number of carbonyl (C=O) groups excluding carboxylic acids is 1. The van der Waals surface area contributed by atoms with Crippen molar-refractivity contribution in [2.24, 2.45) is 11.8 Å². The van der Waals surface area contributed by atoms with Crippen molar-refractivity contribution in [1.29, 1.82) is 0 Å². The quantitative estimate of drug-likeness (QED) is 0.314. The van der Waals surface area contributed by atoms with Gasteiger partial charge in [0.15, 0.2) is 5.82 Å². The molecular weight excluding hydrogens is 504 g/mol. The molecule has 0 bridgehead atoms. The Balaban J connectivity index is 1.42. The minimum absolute atomic E-state index is 0.108. The molecule has 2 aromatic heterocycles. The summed E-state index contributed by atoms with van der Waals surface area (Å²) in [6.07, 6.45) is 2.13. The number of hydrogen-bond donors (Lipinski definition) is 1. The maximum absolute atomic E-state index is 12.5. The van der Waals surface area contributed by atoms with Crippen molar-refractivity contribution in [3.05, 3.63) is 53.1 Å². The van der Waals surface area contributed by atoms with Gasteiger partial charge in [0.2, 0.25) is 0 Å². The molecule has 3 heterocycles. The first-order chi connectivity index (χ1) is 18.1. The lowest BCUT2D eigenvalue weighted by Crippen LogP contribution is -2.52. The fraction of sp³-hybridized carbons (Fsp3) is 0.414. The standard InChI is InChI=1S/C29H31ClN4O4/c1-29(2,3)38-28(37)32-13-18(14-32)16-34-25-21(30)10-20(27(35)36)11-22(25)31-26(34)24-12-19-6-4-5-7-23(19)33(24)15-17-8-9-17/h4-7,10-12,17-18H,8-9,13-16H2,1-3H3,(H,35,36). The number of amides is 1. The second-order valence-corrected chi connectivity index (χ2v) is 12.0. The highest BCUT2D eigenvalue weighted by Crippen LogP contribution is 2.38. The molecule has 8 nitrogen and oxygen atoms in total. The SMILES string of the molecule is CC(C)(C)OC(=O)N1CC(Cn2c(-c3cc4ccccc4n3CC3CC3)nc3cc(C(=O)O)cc(Cl)c32)C1. The number of carboxylic acid groups (broad SMARTS) is 1. The van der Waals surface area contributed by atoms with E-state index in [2.05, 4.69) is 27.3 Å². The molecule has 2 fully saturated rings. The Labute approximate surface area is 225 Å². The Morgan fingerprint density at radius 2 is 1.76 bits per heavy atom. The second kappa shape index (κ2) is 9.05. The molecule has 0 atom stereocenters. The maximum atomic E-state index is 12.5. The van der Waals surface area contributed by atoms with E-state index in [1.165, 1.54) is 18.9 Å². The van der Waals surface area contributed by atoms with Crippen molar-refractivity contribution in [3.8, 4) is 11.5 Å². The van der Waals surface area contributed by atoms with Gasteiger partial charge in [0.25, 0.3) is 0 Å². The normalized spacial score (nSPS) is 16.3. The van der Waals surface area contributed by atoms with Crippen LogP contribution in [0.3, 0.4) is 0 Å². The van der Waals surface area contributed by atoms with Crippen LogP contribution in [0.1, 0.15) is 44.0 Å². The van der Waals surface area contributed by atoms with E-state index in [-0.39, 0.29) is 17.6 Å². The number of halogens is 1. The van der Waals surface area contributed by atoms with Crippen LogP contribution < -0.4 is 0 Å². The van der Waals surface area contributed by atoms with Gasteiger partial charge in [-0.05, 0) is 63.8 Å². The van der Waals surface area contributed by atoms with Crippen molar-refractivity contribution < 1.29 is 19.4 Å². The Morgan fingerprint density at radius 3 is 2.45 bits per heavy atom. The topological polar surface area (TPSA) is 89.6 Å². The largest absolute Gasteiger partial charge is 0.478 e. The Kier molecular flexibility index (Phi) is 5.90. The second-order valence-electron chi connectivity index (χ2n) is 11.6. The predicted octanol–water partition coefficient (Wildman–Crippen LogP) is 6.29. The van der Waals surface area contributed by atoms with Gasteiger partial charge in [-0.1, -0.05) is 29.8 Å². The van der Waals surface area contributed by atoms with Crippen LogP contribution in [0.25, 0.3) is 33.5 Å². The molecule has 1 aliphatic carbocycles. The van der Waals surface area contributed by atoms with E-state index >= 15 is 0 Å². The first-order valence-electron chi connectivity index (χ1n) is 13.1. The van der Waals surface area contributed by atoms with Crippen LogP contribution in [0.4, 0.5) is 4.79 Å². The number of carbonyl (C=O) groups is 2. The highest BCUT2D eigenvalue weighted by Gasteiger charge is 2.35. The molecule has 2 aliphatic rings. The zero-order valence-corrected chi connectivity index (χ0v) is 22.5. The summed E-state index contributed by atoms with van der Waals surface area (Å²) in [5.74, 6) is 0.561. The highest BCUT2D eigenvalue weighted by molar-refractivity contribution is 6.35. The predicted molar refractivity (Wildman–Crippen MR) is 147 cm³/mol. The highest BCUT2D eigenvalue weighted by atomic mass is 35.5. The molecule has 9 heteroatoms. The smallest absolute Gasteiger partial charge is 0.410 e.